The third-order valence-corrected chi connectivity index (χ3v) is 6.33. The van der Waals surface area contributed by atoms with Gasteiger partial charge in [-0.3, -0.25) is 4.79 Å². The second kappa shape index (κ2) is 8.83. The van der Waals surface area contributed by atoms with E-state index in [-0.39, 0.29) is 17.6 Å². The average molecular weight is 464 g/mol. The molecule has 0 radical (unpaired) electrons. The van der Waals surface area contributed by atoms with Crippen molar-refractivity contribution >= 4 is 34.7 Å². The summed E-state index contributed by atoms with van der Waals surface area (Å²) in [5.41, 5.74) is 3.84. The summed E-state index contributed by atoms with van der Waals surface area (Å²) in [6.45, 7) is 3.41. The smallest absolute Gasteiger partial charge is 0.227 e. The highest BCUT2D eigenvalue weighted by atomic mass is 35.5. The second-order valence-corrected chi connectivity index (χ2v) is 8.70. The highest BCUT2D eigenvalue weighted by Crippen LogP contribution is 2.28. The van der Waals surface area contributed by atoms with E-state index in [1.807, 2.05) is 41.8 Å². The molecule has 4 aromatic rings. The number of hydrogen-bond donors (Lipinski definition) is 1. The van der Waals surface area contributed by atoms with E-state index in [2.05, 4.69) is 15.2 Å². The number of hydrogen-bond acceptors (Lipinski definition) is 4. The number of para-hydroxylation sites is 1. The van der Waals surface area contributed by atoms with Crippen LogP contribution in [0.2, 0.25) is 5.02 Å². The van der Waals surface area contributed by atoms with Crippen molar-refractivity contribution in [1.29, 1.82) is 0 Å². The first kappa shape index (κ1) is 21.4. The van der Waals surface area contributed by atoms with E-state index in [0.29, 0.717) is 10.7 Å². The molecular formula is C25H23ClFN5O. The van der Waals surface area contributed by atoms with Crippen LogP contribution < -0.4 is 10.2 Å². The molecule has 8 heteroatoms. The van der Waals surface area contributed by atoms with Gasteiger partial charge in [-0.15, -0.1) is 0 Å². The van der Waals surface area contributed by atoms with Crippen LogP contribution in [0.15, 0.2) is 60.7 Å². The molecule has 1 saturated heterocycles. The van der Waals surface area contributed by atoms with E-state index >= 15 is 0 Å². The highest BCUT2D eigenvalue weighted by molar-refractivity contribution is 6.33. The van der Waals surface area contributed by atoms with E-state index in [0.717, 1.165) is 54.3 Å². The van der Waals surface area contributed by atoms with Gasteiger partial charge < -0.3 is 10.2 Å². The second-order valence-electron chi connectivity index (χ2n) is 8.29. The summed E-state index contributed by atoms with van der Waals surface area (Å²) < 4.78 is 15.1. The van der Waals surface area contributed by atoms with Crippen LogP contribution in [-0.4, -0.2) is 33.6 Å². The predicted molar refractivity (Wildman–Crippen MR) is 128 cm³/mol. The lowest BCUT2D eigenvalue weighted by Crippen LogP contribution is -2.39. The molecule has 0 saturated carbocycles. The first-order chi connectivity index (χ1) is 16.0. The van der Waals surface area contributed by atoms with Gasteiger partial charge in [0.15, 0.2) is 5.65 Å². The predicted octanol–water partition coefficient (Wildman–Crippen LogP) is 5.35. The Bertz CT molecular complexity index is 1310. The molecule has 0 aliphatic carbocycles. The van der Waals surface area contributed by atoms with Crippen LogP contribution in [0.3, 0.4) is 0 Å². The molecule has 1 aliphatic heterocycles. The fourth-order valence-corrected chi connectivity index (χ4v) is 4.42. The number of halogens is 2. The Morgan fingerprint density at radius 1 is 1.09 bits per heavy atom. The highest BCUT2D eigenvalue weighted by Gasteiger charge is 2.27. The maximum atomic E-state index is 13.3. The topological polar surface area (TPSA) is 62.5 Å². The first-order valence-corrected chi connectivity index (χ1v) is 11.3. The Kier molecular flexibility index (Phi) is 5.72. The van der Waals surface area contributed by atoms with Crippen molar-refractivity contribution in [3.8, 4) is 11.3 Å². The molecular weight excluding hydrogens is 441 g/mol. The fourth-order valence-electron chi connectivity index (χ4n) is 4.24. The molecule has 2 aromatic heterocycles. The summed E-state index contributed by atoms with van der Waals surface area (Å²) in [5, 5.41) is 8.24. The van der Waals surface area contributed by atoms with E-state index < -0.39 is 0 Å². The SMILES string of the molecule is Cc1cc(N2CCC(C(=O)Nc3ccccc3Cl)CC2)n2nc(-c3ccc(F)cc3)cc2n1. The van der Waals surface area contributed by atoms with Gasteiger partial charge in [0.05, 0.1) is 16.4 Å². The summed E-state index contributed by atoms with van der Waals surface area (Å²) in [7, 11) is 0. The molecule has 5 rings (SSSR count). The summed E-state index contributed by atoms with van der Waals surface area (Å²) in [6, 6.07) is 17.5. The third-order valence-electron chi connectivity index (χ3n) is 6.00. The number of aromatic nitrogens is 3. The van der Waals surface area contributed by atoms with Crippen LogP contribution in [0, 0.1) is 18.7 Å². The van der Waals surface area contributed by atoms with Gasteiger partial charge in [0.25, 0.3) is 0 Å². The zero-order valence-electron chi connectivity index (χ0n) is 18.1. The Balaban J connectivity index is 1.34. The molecule has 1 amide bonds. The normalized spacial score (nSPS) is 14.6. The number of rotatable bonds is 4. The minimum Gasteiger partial charge on any atom is -0.356 e. The zero-order chi connectivity index (χ0) is 22.9. The van der Waals surface area contributed by atoms with Crippen molar-refractivity contribution < 1.29 is 9.18 Å². The van der Waals surface area contributed by atoms with Crippen molar-refractivity contribution in [3.63, 3.8) is 0 Å². The van der Waals surface area contributed by atoms with Gasteiger partial charge in [-0.05, 0) is 56.2 Å². The number of aryl methyl sites for hydroxylation is 1. The van der Waals surface area contributed by atoms with Crippen molar-refractivity contribution in [2.75, 3.05) is 23.3 Å². The minimum atomic E-state index is -0.279. The van der Waals surface area contributed by atoms with Gasteiger partial charge >= 0.3 is 0 Å². The van der Waals surface area contributed by atoms with Crippen molar-refractivity contribution in [3.05, 3.63) is 77.2 Å². The largest absolute Gasteiger partial charge is 0.356 e. The van der Waals surface area contributed by atoms with Crippen LogP contribution in [0.1, 0.15) is 18.5 Å². The summed E-state index contributed by atoms with van der Waals surface area (Å²) in [5.74, 6) is 0.578. The molecule has 0 unspecified atom stereocenters. The molecule has 1 fully saturated rings. The summed E-state index contributed by atoms with van der Waals surface area (Å²) in [4.78, 5) is 19.6. The molecule has 3 heterocycles. The van der Waals surface area contributed by atoms with Gasteiger partial charge in [0, 0.05) is 42.4 Å². The lowest BCUT2D eigenvalue weighted by molar-refractivity contribution is -0.120. The molecule has 1 N–H and O–H groups in total. The van der Waals surface area contributed by atoms with Gasteiger partial charge in [0.1, 0.15) is 11.6 Å². The quantitative estimate of drug-likeness (QED) is 0.443. The van der Waals surface area contributed by atoms with E-state index in [9.17, 15) is 9.18 Å². The Morgan fingerprint density at radius 3 is 2.55 bits per heavy atom. The van der Waals surface area contributed by atoms with Crippen molar-refractivity contribution in [2.24, 2.45) is 5.92 Å². The number of carbonyl (C=O) groups excluding carboxylic acids is 1. The maximum absolute atomic E-state index is 13.3. The molecule has 0 bridgehead atoms. The summed E-state index contributed by atoms with van der Waals surface area (Å²) in [6.07, 6.45) is 1.45. The van der Waals surface area contributed by atoms with Gasteiger partial charge in [-0.1, -0.05) is 23.7 Å². The number of anilines is 2. The van der Waals surface area contributed by atoms with E-state index in [1.165, 1.54) is 12.1 Å². The number of piperidine rings is 1. The molecule has 0 atom stereocenters. The van der Waals surface area contributed by atoms with Gasteiger partial charge in [0.2, 0.25) is 5.91 Å². The van der Waals surface area contributed by atoms with Gasteiger partial charge in [-0.25, -0.2) is 9.37 Å². The first-order valence-electron chi connectivity index (χ1n) is 10.9. The minimum absolute atomic E-state index is 0.00325. The van der Waals surface area contributed by atoms with Crippen LogP contribution in [0.5, 0.6) is 0 Å². The number of nitrogens with one attached hydrogen (secondary N) is 1. The molecule has 33 heavy (non-hydrogen) atoms. The molecule has 2 aromatic carbocycles. The van der Waals surface area contributed by atoms with Gasteiger partial charge in [-0.2, -0.15) is 9.61 Å². The van der Waals surface area contributed by atoms with Crippen LogP contribution in [0.25, 0.3) is 16.9 Å². The summed E-state index contributed by atoms with van der Waals surface area (Å²) >= 11 is 6.18. The number of nitrogens with zero attached hydrogens (tertiary/aromatic N) is 4. The van der Waals surface area contributed by atoms with Crippen molar-refractivity contribution in [2.45, 2.75) is 19.8 Å². The lowest BCUT2D eigenvalue weighted by atomic mass is 9.95. The molecule has 0 spiro atoms. The van der Waals surface area contributed by atoms with Crippen LogP contribution >= 0.6 is 11.6 Å². The molecule has 6 nitrogen and oxygen atoms in total. The standard InChI is InChI=1S/C25H23ClFN5O/c1-16-14-24(32-23(28-16)15-22(30-32)17-6-8-19(27)9-7-17)31-12-10-18(11-13-31)25(33)29-21-5-3-2-4-20(21)26/h2-9,14-15,18H,10-13H2,1H3,(H,29,33). The number of carbonyl (C=O) groups is 1. The van der Waals surface area contributed by atoms with Crippen LogP contribution in [0.4, 0.5) is 15.9 Å². The monoisotopic (exact) mass is 463 g/mol. The Labute approximate surface area is 196 Å². The lowest BCUT2D eigenvalue weighted by Gasteiger charge is -2.33. The zero-order valence-corrected chi connectivity index (χ0v) is 18.9. The number of fused-ring (bicyclic) bond motifs is 1. The average Bonchev–Trinajstić information content (AvgIpc) is 3.24. The van der Waals surface area contributed by atoms with E-state index in [1.54, 1.807) is 18.2 Å². The molecule has 1 aliphatic rings. The number of amides is 1. The maximum Gasteiger partial charge on any atom is 0.227 e. The Hall–Kier alpha value is -3.45. The number of benzene rings is 2. The van der Waals surface area contributed by atoms with E-state index in [4.69, 9.17) is 16.7 Å². The van der Waals surface area contributed by atoms with Crippen molar-refractivity contribution in [1.82, 2.24) is 14.6 Å². The van der Waals surface area contributed by atoms with Crippen LogP contribution in [-0.2, 0) is 4.79 Å². The third kappa shape index (κ3) is 4.41. The Morgan fingerprint density at radius 2 is 1.82 bits per heavy atom. The molecule has 168 valence electrons. The fraction of sp³-hybridized carbons (Fsp3) is 0.240.